The van der Waals surface area contributed by atoms with Crippen molar-refractivity contribution in [2.45, 2.75) is 38.4 Å². The van der Waals surface area contributed by atoms with E-state index in [0.29, 0.717) is 18.7 Å². The number of likely N-dealkylation sites (tertiary alicyclic amines) is 1. The largest absolute Gasteiger partial charge is 0.416 e. The highest BCUT2D eigenvalue weighted by molar-refractivity contribution is 5.94. The van der Waals surface area contributed by atoms with Gasteiger partial charge >= 0.3 is 6.18 Å². The van der Waals surface area contributed by atoms with Crippen molar-refractivity contribution in [3.8, 4) is 0 Å². The molecule has 0 unspecified atom stereocenters. The molecule has 2 heterocycles. The monoisotopic (exact) mass is 338 g/mol. The van der Waals surface area contributed by atoms with Gasteiger partial charge in [0.25, 0.3) is 5.91 Å². The minimum Gasteiger partial charge on any atom is -0.359 e. The van der Waals surface area contributed by atoms with Gasteiger partial charge < -0.3 is 9.42 Å². The van der Waals surface area contributed by atoms with Crippen molar-refractivity contribution in [1.82, 2.24) is 10.1 Å². The van der Waals surface area contributed by atoms with Crippen molar-refractivity contribution in [1.29, 1.82) is 0 Å². The van der Waals surface area contributed by atoms with Crippen molar-refractivity contribution in [2.24, 2.45) is 0 Å². The molecule has 3 rings (SSSR count). The Morgan fingerprint density at radius 3 is 2.83 bits per heavy atom. The molecule has 1 aliphatic rings. The maximum Gasteiger partial charge on any atom is 0.416 e. The Kier molecular flexibility index (Phi) is 4.34. The van der Waals surface area contributed by atoms with E-state index in [9.17, 15) is 18.0 Å². The van der Waals surface area contributed by atoms with Gasteiger partial charge in [-0.3, -0.25) is 4.79 Å². The number of carbonyl (C=O) groups excluding carboxylic acids is 1. The second kappa shape index (κ2) is 6.30. The van der Waals surface area contributed by atoms with Crippen LogP contribution in [0.25, 0.3) is 0 Å². The number of amides is 1. The highest BCUT2D eigenvalue weighted by atomic mass is 19.4. The molecule has 1 atom stereocenters. The third-order valence-corrected chi connectivity index (χ3v) is 4.22. The SMILES string of the molecule is CCc1cc([C@@H]2CCCN2C(=O)c2cccc(C(F)(F)F)c2)on1. The van der Waals surface area contributed by atoms with Crippen LogP contribution < -0.4 is 0 Å². The Morgan fingerprint density at radius 1 is 1.38 bits per heavy atom. The van der Waals surface area contributed by atoms with Gasteiger partial charge in [-0.1, -0.05) is 18.1 Å². The zero-order chi connectivity index (χ0) is 17.3. The lowest BCUT2D eigenvalue weighted by Gasteiger charge is -2.23. The van der Waals surface area contributed by atoms with E-state index in [2.05, 4.69) is 5.16 Å². The lowest BCUT2D eigenvalue weighted by Crippen LogP contribution is -2.30. The first-order chi connectivity index (χ1) is 11.4. The minimum atomic E-state index is -4.47. The van der Waals surface area contributed by atoms with E-state index in [4.69, 9.17) is 4.52 Å². The van der Waals surface area contributed by atoms with Crippen molar-refractivity contribution in [3.63, 3.8) is 0 Å². The minimum absolute atomic E-state index is 0.0342. The molecule has 1 aliphatic heterocycles. The van der Waals surface area contributed by atoms with Crippen LogP contribution in [0.5, 0.6) is 0 Å². The lowest BCUT2D eigenvalue weighted by molar-refractivity contribution is -0.137. The Labute approximate surface area is 137 Å². The molecule has 0 aliphatic carbocycles. The van der Waals surface area contributed by atoms with Crippen LogP contribution in [-0.4, -0.2) is 22.5 Å². The van der Waals surface area contributed by atoms with Gasteiger partial charge in [-0.15, -0.1) is 0 Å². The highest BCUT2D eigenvalue weighted by Crippen LogP contribution is 2.35. The molecule has 0 bridgehead atoms. The zero-order valence-corrected chi connectivity index (χ0v) is 13.1. The fourth-order valence-corrected chi connectivity index (χ4v) is 2.95. The van der Waals surface area contributed by atoms with Crippen LogP contribution in [0, 0.1) is 0 Å². The summed E-state index contributed by atoms with van der Waals surface area (Å²) in [4.78, 5) is 14.2. The van der Waals surface area contributed by atoms with Crippen molar-refractivity contribution in [2.75, 3.05) is 6.54 Å². The molecule has 1 aromatic carbocycles. The molecular formula is C17H17F3N2O2. The Balaban J connectivity index is 1.86. The van der Waals surface area contributed by atoms with Crippen LogP contribution in [0.2, 0.25) is 0 Å². The number of aryl methyl sites for hydroxylation is 1. The van der Waals surface area contributed by atoms with E-state index >= 15 is 0 Å². The maximum absolute atomic E-state index is 12.8. The van der Waals surface area contributed by atoms with Gasteiger partial charge in [-0.05, 0) is 37.5 Å². The Hall–Kier alpha value is -2.31. The number of nitrogens with zero attached hydrogens (tertiary/aromatic N) is 2. The normalized spacial score (nSPS) is 18.2. The van der Waals surface area contributed by atoms with Crippen molar-refractivity contribution in [3.05, 3.63) is 52.9 Å². The van der Waals surface area contributed by atoms with Crippen LogP contribution in [0.4, 0.5) is 13.2 Å². The quantitative estimate of drug-likeness (QED) is 0.841. The van der Waals surface area contributed by atoms with E-state index < -0.39 is 17.6 Å². The molecule has 1 saturated heterocycles. The standard InChI is InChI=1S/C17H17F3N2O2/c1-2-13-10-15(24-21-13)14-7-4-8-22(14)16(23)11-5-3-6-12(9-11)17(18,19)20/h3,5-6,9-10,14H,2,4,7-8H2,1H3/t14-/m0/s1. The summed E-state index contributed by atoms with van der Waals surface area (Å²) in [7, 11) is 0. The van der Waals surface area contributed by atoms with Crippen LogP contribution in [0.3, 0.4) is 0 Å². The average Bonchev–Trinajstić information content (AvgIpc) is 3.22. The maximum atomic E-state index is 12.8. The van der Waals surface area contributed by atoms with Gasteiger partial charge in [0.2, 0.25) is 0 Å². The van der Waals surface area contributed by atoms with E-state index in [0.717, 1.165) is 30.7 Å². The van der Waals surface area contributed by atoms with E-state index in [1.165, 1.54) is 12.1 Å². The van der Waals surface area contributed by atoms with E-state index in [-0.39, 0.29) is 11.6 Å². The lowest BCUT2D eigenvalue weighted by atomic mass is 10.1. The molecule has 4 nitrogen and oxygen atoms in total. The number of rotatable bonds is 3. The van der Waals surface area contributed by atoms with Crippen LogP contribution in [0.1, 0.15) is 53.2 Å². The van der Waals surface area contributed by atoms with E-state index in [1.807, 2.05) is 13.0 Å². The number of aromatic nitrogens is 1. The molecule has 24 heavy (non-hydrogen) atoms. The number of carbonyl (C=O) groups is 1. The van der Waals surface area contributed by atoms with Crippen LogP contribution in [0.15, 0.2) is 34.9 Å². The molecule has 1 aromatic heterocycles. The van der Waals surface area contributed by atoms with Gasteiger partial charge in [0.15, 0.2) is 5.76 Å². The molecule has 0 N–H and O–H groups in total. The highest BCUT2D eigenvalue weighted by Gasteiger charge is 2.35. The third kappa shape index (κ3) is 3.16. The van der Waals surface area contributed by atoms with Crippen molar-refractivity contribution >= 4 is 5.91 Å². The third-order valence-electron chi connectivity index (χ3n) is 4.22. The van der Waals surface area contributed by atoms with Gasteiger partial charge in [0.1, 0.15) is 0 Å². The smallest absolute Gasteiger partial charge is 0.359 e. The average molecular weight is 338 g/mol. The molecule has 128 valence electrons. The molecule has 0 radical (unpaired) electrons. The molecular weight excluding hydrogens is 321 g/mol. The second-order valence-corrected chi connectivity index (χ2v) is 5.81. The molecule has 0 saturated carbocycles. The summed E-state index contributed by atoms with van der Waals surface area (Å²) in [6.07, 6.45) is -2.26. The summed E-state index contributed by atoms with van der Waals surface area (Å²) in [6, 6.07) is 6.05. The number of benzene rings is 1. The summed E-state index contributed by atoms with van der Waals surface area (Å²) in [5, 5.41) is 3.93. The first-order valence-electron chi connectivity index (χ1n) is 7.84. The van der Waals surface area contributed by atoms with Crippen LogP contribution >= 0.6 is 0 Å². The first kappa shape index (κ1) is 16.5. The van der Waals surface area contributed by atoms with Gasteiger partial charge in [-0.25, -0.2) is 0 Å². The molecule has 7 heteroatoms. The number of alkyl halides is 3. The summed E-state index contributed by atoms with van der Waals surface area (Å²) < 4.78 is 43.8. The number of hydrogen-bond acceptors (Lipinski definition) is 3. The summed E-state index contributed by atoms with van der Waals surface area (Å²) in [5.41, 5.74) is 0.00681. The Bertz CT molecular complexity index is 739. The number of hydrogen-bond donors (Lipinski definition) is 0. The van der Waals surface area contributed by atoms with Crippen LogP contribution in [-0.2, 0) is 12.6 Å². The van der Waals surface area contributed by atoms with E-state index in [1.54, 1.807) is 4.90 Å². The number of halogens is 3. The predicted molar refractivity (Wildman–Crippen MR) is 80.3 cm³/mol. The fourth-order valence-electron chi connectivity index (χ4n) is 2.95. The molecule has 1 amide bonds. The summed E-state index contributed by atoms with van der Waals surface area (Å²) in [5.74, 6) is 0.169. The van der Waals surface area contributed by atoms with Gasteiger partial charge in [-0.2, -0.15) is 13.2 Å². The Morgan fingerprint density at radius 2 is 2.17 bits per heavy atom. The topological polar surface area (TPSA) is 46.3 Å². The van der Waals surface area contributed by atoms with Gasteiger partial charge in [0.05, 0.1) is 17.3 Å². The summed E-state index contributed by atoms with van der Waals surface area (Å²) >= 11 is 0. The van der Waals surface area contributed by atoms with Gasteiger partial charge in [0, 0.05) is 18.2 Å². The molecule has 0 spiro atoms. The predicted octanol–water partition coefficient (Wildman–Crippen LogP) is 4.23. The first-order valence-corrected chi connectivity index (χ1v) is 7.84. The molecule has 2 aromatic rings. The van der Waals surface area contributed by atoms with Crippen molar-refractivity contribution < 1.29 is 22.5 Å². The summed E-state index contributed by atoms with van der Waals surface area (Å²) in [6.45, 7) is 2.43. The second-order valence-electron chi connectivity index (χ2n) is 5.81. The molecule has 1 fully saturated rings. The zero-order valence-electron chi connectivity index (χ0n) is 13.1. The fraction of sp³-hybridized carbons (Fsp3) is 0.412.